The number of hydrogen-bond donors (Lipinski definition) is 2. The minimum Gasteiger partial charge on any atom is -0.397 e. The number of rotatable bonds is 3. The first-order valence-electron chi connectivity index (χ1n) is 6.23. The molecule has 0 atom stereocenters. The second-order valence-electron chi connectivity index (χ2n) is 4.82. The normalized spacial score (nSPS) is 10.4. The Morgan fingerprint density at radius 1 is 1.00 bits per heavy atom. The topological polar surface area (TPSA) is 38.0 Å². The Morgan fingerprint density at radius 2 is 1.78 bits per heavy atom. The van der Waals surface area contributed by atoms with Gasteiger partial charge in [0.05, 0.1) is 11.4 Å². The Hall–Kier alpha value is -1.96. The fourth-order valence-corrected chi connectivity index (χ4v) is 2.16. The highest BCUT2D eigenvalue weighted by molar-refractivity contribution is 5.69. The van der Waals surface area contributed by atoms with Crippen LogP contribution in [-0.4, -0.2) is 0 Å². The maximum absolute atomic E-state index is 5.99. The number of benzene rings is 2. The van der Waals surface area contributed by atoms with Gasteiger partial charge >= 0.3 is 0 Å². The molecule has 0 radical (unpaired) electrons. The van der Waals surface area contributed by atoms with Gasteiger partial charge in [-0.3, -0.25) is 0 Å². The molecule has 0 bridgehead atoms. The van der Waals surface area contributed by atoms with Gasteiger partial charge in [-0.25, -0.2) is 0 Å². The molecule has 2 aromatic rings. The monoisotopic (exact) mass is 240 g/mol. The molecule has 0 unspecified atom stereocenters. The van der Waals surface area contributed by atoms with Crippen molar-refractivity contribution in [1.82, 2.24) is 0 Å². The molecule has 94 valence electrons. The van der Waals surface area contributed by atoms with Crippen molar-refractivity contribution in [3.05, 3.63) is 58.7 Å². The van der Waals surface area contributed by atoms with Crippen LogP contribution in [0.3, 0.4) is 0 Å². The van der Waals surface area contributed by atoms with Crippen LogP contribution in [0.5, 0.6) is 0 Å². The van der Waals surface area contributed by atoms with Gasteiger partial charge in [0, 0.05) is 6.54 Å². The van der Waals surface area contributed by atoms with Crippen molar-refractivity contribution in [2.24, 2.45) is 0 Å². The van der Waals surface area contributed by atoms with Gasteiger partial charge in [0.1, 0.15) is 0 Å². The van der Waals surface area contributed by atoms with Crippen molar-refractivity contribution in [1.29, 1.82) is 0 Å². The van der Waals surface area contributed by atoms with Crippen molar-refractivity contribution in [3.8, 4) is 0 Å². The zero-order valence-corrected chi connectivity index (χ0v) is 11.2. The average Bonchev–Trinajstić information content (AvgIpc) is 2.31. The Bertz CT molecular complexity index is 539. The second-order valence-corrected chi connectivity index (χ2v) is 4.82. The third kappa shape index (κ3) is 2.65. The van der Waals surface area contributed by atoms with Crippen LogP contribution in [0.25, 0.3) is 0 Å². The summed E-state index contributed by atoms with van der Waals surface area (Å²) in [4.78, 5) is 0. The minimum atomic E-state index is 0.805. The molecule has 0 aromatic heterocycles. The summed E-state index contributed by atoms with van der Waals surface area (Å²) in [5, 5.41) is 3.43. The first-order chi connectivity index (χ1) is 8.58. The van der Waals surface area contributed by atoms with E-state index >= 15 is 0 Å². The van der Waals surface area contributed by atoms with Crippen LogP contribution in [0.1, 0.15) is 22.3 Å². The number of nitrogens with two attached hydrogens (primary N) is 1. The van der Waals surface area contributed by atoms with E-state index in [9.17, 15) is 0 Å². The fraction of sp³-hybridized carbons (Fsp3) is 0.250. The molecule has 3 N–H and O–H groups in total. The van der Waals surface area contributed by atoms with Crippen LogP contribution in [0, 0.1) is 20.8 Å². The molecule has 0 heterocycles. The lowest BCUT2D eigenvalue weighted by Crippen LogP contribution is -2.05. The molecule has 0 saturated heterocycles. The molecule has 2 heteroatoms. The number of anilines is 2. The highest BCUT2D eigenvalue weighted by atomic mass is 14.9. The second kappa shape index (κ2) is 5.13. The lowest BCUT2D eigenvalue weighted by Gasteiger charge is -2.14. The molecule has 0 saturated carbocycles. The standard InChI is InChI=1S/C16H20N2/c1-11-7-8-14(13(3)9-11)10-18-16-12(2)5-4-6-15(16)17/h4-9,18H,10,17H2,1-3H3. The van der Waals surface area contributed by atoms with Crippen molar-refractivity contribution in [3.63, 3.8) is 0 Å². The number of nitrogens with one attached hydrogen (secondary N) is 1. The predicted octanol–water partition coefficient (Wildman–Crippen LogP) is 3.81. The molecule has 2 nitrogen and oxygen atoms in total. The van der Waals surface area contributed by atoms with Gasteiger partial charge in [-0.1, -0.05) is 35.9 Å². The molecule has 0 fully saturated rings. The minimum absolute atomic E-state index is 0.805. The lowest BCUT2D eigenvalue weighted by atomic mass is 10.1. The van der Waals surface area contributed by atoms with Crippen LogP contribution in [-0.2, 0) is 6.54 Å². The quantitative estimate of drug-likeness (QED) is 0.801. The highest BCUT2D eigenvalue weighted by Gasteiger charge is 2.03. The molecule has 0 aliphatic rings. The van der Waals surface area contributed by atoms with Crippen LogP contribution in [0.2, 0.25) is 0 Å². The largest absolute Gasteiger partial charge is 0.397 e. The van der Waals surface area contributed by atoms with Crippen LogP contribution in [0.4, 0.5) is 11.4 Å². The predicted molar refractivity (Wildman–Crippen MR) is 78.8 cm³/mol. The Balaban J connectivity index is 2.16. The molecule has 18 heavy (non-hydrogen) atoms. The number of aryl methyl sites for hydroxylation is 3. The maximum atomic E-state index is 5.99. The molecular weight excluding hydrogens is 220 g/mol. The third-order valence-corrected chi connectivity index (χ3v) is 3.26. The van der Waals surface area contributed by atoms with Gasteiger partial charge in [0.15, 0.2) is 0 Å². The summed E-state index contributed by atoms with van der Waals surface area (Å²) >= 11 is 0. The number of nitrogen functional groups attached to an aromatic ring is 1. The molecule has 2 aromatic carbocycles. The Labute approximate surface area is 109 Å². The maximum Gasteiger partial charge on any atom is 0.0606 e. The summed E-state index contributed by atoms with van der Waals surface area (Å²) < 4.78 is 0. The number of hydrogen-bond acceptors (Lipinski definition) is 2. The van der Waals surface area contributed by atoms with E-state index < -0.39 is 0 Å². The van der Waals surface area contributed by atoms with E-state index in [-0.39, 0.29) is 0 Å². The van der Waals surface area contributed by atoms with E-state index in [0.29, 0.717) is 0 Å². The zero-order valence-electron chi connectivity index (χ0n) is 11.2. The van der Waals surface area contributed by atoms with Crippen LogP contribution in [0.15, 0.2) is 36.4 Å². The first-order valence-corrected chi connectivity index (χ1v) is 6.23. The number of para-hydroxylation sites is 1. The van der Waals surface area contributed by atoms with Gasteiger partial charge < -0.3 is 11.1 Å². The molecule has 0 aliphatic heterocycles. The van der Waals surface area contributed by atoms with Gasteiger partial charge in [-0.2, -0.15) is 0 Å². The Morgan fingerprint density at radius 3 is 2.44 bits per heavy atom. The highest BCUT2D eigenvalue weighted by Crippen LogP contribution is 2.23. The van der Waals surface area contributed by atoms with Gasteiger partial charge in [0.2, 0.25) is 0 Å². The first kappa shape index (κ1) is 12.5. The fourth-order valence-electron chi connectivity index (χ4n) is 2.16. The van der Waals surface area contributed by atoms with Gasteiger partial charge in [-0.05, 0) is 43.5 Å². The van der Waals surface area contributed by atoms with E-state index in [1.165, 1.54) is 22.3 Å². The molecule has 0 aliphatic carbocycles. The Kier molecular flexibility index (Phi) is 3.56. The van der Waals surface area contributed by atoms with Gasteiger partial charge in [0.25, 0.3) is 0 Å². The summed E-state index contributed by atoms with van der Waals surface area (Å²) in [5.41, 5.74) is 12.9. The molecular formula is C16H20N2. The molecule has 2 rings (SSSR count). The zero-order chi connectivity index (χ0) is 13.1. The van der Waals surface area contributed by atoms with Crippen molar-refractivity contribution >= 4 is 11.4 Å². The van der Waals surface area contributed by atoms with E-state index in [1.54, 1.807) is 0 Å². The van der Waals surface area contributed by atoms with Crippen molar-refractivity contribution in [2.75, 3.05) is 11.1 Å². The lowest BCUT2D eigenvalue weighted by molar-refractivity contribution is 1.11. The summed E-state index contributed by atoms with van der Waals surface area (Å²) in [6, 6.07) is 12.5. The summed E-state index contributed by atoms with van der Waals surface area (Å²) in [5.74, 6) is 0. The van der Waals surface area contributed by atoms with E-state index in [4.69, 9.17) is 5.73 Å². The average molecular weight is 240 g/mol. The van der Waals surface area contributed by atoms with E-state index in [1.807, 2.05) is 12.1 Å². The van der Waals surface area contributed by atoms with Crippen molar-refractivity contribution < 1.29 is 0 Å². The van der Waals surface area contributed by atoms with Crippen LogP contribution >= 0.6 is 0 Å². The smallest absolute Gasteiger partial charge is 0.0606 e. The van der Waals surface area contributed by atoms with E-state index in [0.717, 1.165) is 17.9 Å². The third-order valence-electron chi connectivity index (χ3n) is 3.26. The SMILES string of the molecule is Cc1ccc(CNc2c(C)cccc2N)c(C)c1. The summed E-state index contributed by atoms with van der Waals surface area (Å²) in [6.07, 6.45) is 0. The van der Waals surface area contributed by atoms with Crippen molar-refractivity contribution in [2.45, 2.75) is 27.3 Å². The summed E-state index contributed by atoms with van der Waals surface area (Å²) in [6.45, 7) is 7.14. The molecule has 0 amide bonds. The van der Waals surface area contributed by atoms with E-state index in [2.05, 4.69) is 50.4 Å². The summed E-state index contributed by atoms with van der Waals surface area (Å²) in [7, 11) is 0. The van der Waals surface area contributed by atoms with Gasteiger partial charge in [-0.15, -0.1) is 0 Å². The van der Waals surface area contributed by atoms with Crippen LogP contribution < -0.4 is 11.1 Å². The molecule has 0 spiro atoms.